The molecule has 2 aromatic carbocycles. The summed E-state index contributed by atoms with van der Waals surface area (Å²) in [5.41, 5.74) is 2.03. The summed E-state index contributed by atoms with van der Waals surface area (Å²) >= 11 is 1.65. The maximum absolute atomic E-state index is 13.2. The zero-order valence-electron chi connectivity index (χ0n) is 19.5. The second-order valence-electron chi connectivity index (χ2n) is 8.40. The smallest absolute Gasteiger partial charge is 0.228 e. The van der Waals surface area contributed by atoms with E-state index in [1.807, 2.05) is 53.6 Å². The largest absolute Gasteiger partial charge is 0.493 e. The average molecular weight is 470 g/mol. The molecule has 0 N–H and O–H groups in total. The van der Waals surface area contributed by atoms with Crippen LogP contribution in [0.2, 0.25) is 0 Å². The Morgan fingerprint density at radius 1 is 1.03 bits per heavy atom. The van der Waals surface area contributed by atoms with Crippen molar-refractivity contribution in [1.82, 2.24) is 9.80 Å². The number of thioether (sulfide) groups is 1. The van der Waals surface area contributed by atoms with Crippen LogP contribution in [0.25, 0.3) is 0 Å². The van der Waals surface area contributed by atoms with Gasteiger partial charge in [-0.15, -0.1) is 11.8 Å². The Morgan fingerprint density at radius 2 is 1.79 bits per heavy atom. The van der Waals surface area contributed by atoms with Crippen LogP contribution in [0.15, 0.2) is 47.4 Å². The molecule has 7 nitrogen and oxygen atoms in total. The van der Waals surface area contributed by atoms with Crippen molar-refractivity contribution in [3.63, 3.8) is 0 Å². The van der Waals surface area contributed by atoms with Crippen molar-refractivity contribution in [2.45, 2.75) is 17.9 Å². The number of nitrogens with zero attached hydrogens (tertiary/aromatic N) is 3. The van der Waals surface area contributed by atoms with Crippen LogP contribution in [0.5, 0.6) is 11.5 Å². The number of piperazine rings is 1. The fourth-order valence-corrected chi connectivity index (χ4v) is 4.98. The zero-order chi connectivity index (χ0) is 23.4. The summed E-state index contributed by atoms with van der Waals surface area (Å²) in [4.78, 5) is 32.9. The first kappa shape index (κ1) is 23.4. The fourth-order valence-electron chi connectivity index (χ4n) is 4.52. The number of carbonyl (C=O) groups is 2. The number of hydrogen-bond acceptors (Lipinski definition) is 6. The van der Waals surface area contributed by atoms with E-state index in [-0.39, 0.29) is 24.2 Å². The number of methoxy groups -OCH3 is 2. The molecule has 0 aromatic heterocycles. The lowest BCUT2D eigenvalue weighted by molar-refractivity contribution is -0.137. The van der Waals surface area contributed by atoms with Gasteiger partial charge < -0.3 is 19.3 Å². The molecule has 2 heterocycles. The third kappa shape index (κ3) is 5.28. The Morgan fingerprint density at radius 3 is 2.48 bits per heavy atom. The van der Waals surface area contributed by atoms with Crippen LogP contribution in [-0.2, 0) is 16.1 Å². The minimum Gasteiger partial charge on any atom is -0.493 e. The van der Waals surface area contributed by atoms with Gasteiger partial charge >= 0.3 is 0 Å². The first-order valence-electron chi connectivity index (χ1n) is 11.2. The van der Waals surface area contributed by atoms with Gasteiger partial charge in [0, 0.05) is 56.3 Å². The molecule has 0 spiro atoms. The average Bonchev–Trinajstić information content (AvgIpc) is 3.25. The van der Waals surface area contributed by atoms with Gasteiger partial charge in [0.25, 0.3) is 0 Å². The van der Waals surface area contributed by atoms with E-state index in [1.165, 1.54) is 0 Å². The molecule has 8 heteroatoms. The SMILES string of the molecule is COc1ccc(CN2CCN(C(=O)C3CC(=O)N(c4cccc(SC)c4)C3)CC2)cc1OC. The quantitative estimate of drug-likeness (QED) is 0.581. The first-order valence-corrected chi connectivity index (χ1v) is 12.4. The van der Waals surface area contributed by atoms with Gasteiger partial charge in [-0.2, -0.15) is 0 Å². The van der Waals surface area contributed by atoms with Gasteiger partial charge in [0.1, 0.15) is 0 Å². The molecule has 0 saturated carbocycles. The Labute approximate surface area is 199 Å². The van der Waals surface area contributed by atoms with Crippen LogP contribution in [0.1, 0.15) is 12.0 Å². The van der Waals surface area contributed by atoms with Crippen LogP contribution in [0.3, 0.4) is 0 Å². The Hall–Kier alpha value is -2.71. The van der Waals surface area contributed by atoms with Crippen LogP contribution in [0, 0.1) is 5.92 Å². The molecule has 1 atom stereocenters. The van der Waals surface area contributed by atoms with Gasteiger partial charge in [0.05, 0.1) is 20.1 Å². The van der Waals surface area contributed by atoms with Crippen LogP contribution in [0.4, 0.5) is 5.69 Å². The molecule has 1 unspecified atom stereocenters. The number of benzene rings is 2. The Kier molecular flexibility index (Phi) is 7.45. The highest BCUT2D eigenvalue weighted by atomic mass is 32.2. The predicted octanol–water partition coefficient (Wildman–Crippen LogP) is 3.12. The maximum Gasteiger partial charge on any atom is 0.228 e. The Bertz CT molecular complexity index is 1010. The van der Waals surface area contributed by atoms with Crippen LogP contribution < -0.4 is 14.4 Å². The van der Waals surface area contributed by atoms with E-state index in [1.54, 1.807) is 30.9 Å². The molecule has 2 amide bonds. The van der Waals surface area contributed by atoms with Gasteiger partial charge in [-0.1, -0.05) is 12.1 Å². The molecule has 2 aliphatic rings. The Balaban J connectivity index is 1.32. The summed E-state index contributed by atoms with van der Waals surface area (Å²) in [5, 5.41) is 0. The molecule has 2 aromatic rings. The molecule has 2 aliphatic heterocycles. The van der Waals surface area contributed by atoms with Crippen molar-refractivity contribution in [3.05, 3.63) is 48.0 Å². The third-order valence-electron chi connectivity index (χ3n) is 6.38. The molecule has 0 aliphatic carbocycles. The second-order valence-corrected chi connectivity index (χ2v) is 9.28. The summed E-state index contributed by atoms with van der Waals surface area (Å²) in [6.07, 6.45) is 2.30. The minimum atomic E-state index is -0.271. The summed E-state index contributed by atoms with van der Waals surface area (Å²) in [6, 6.07) is 13.9. The van der Waals surface area contributed by atoms with Crippen molar-refractivity contribution in [2.24, 2.45) is 5.92 Å². The molecule has 4 rings (SSSR count). The van der Waals surface area contributed by atoms with Crippen molar-refractivity contribution < 1.29 is 19.1 Å². The monoisotopic (exact) mass is 469 g/mol. The summed E-state index contributed by atoms with van der Waals surface area (Å²) in [5.74, 6) is 1.29. The summed E-state index contributed by atoms with van der Waals surface area (Å²) in [6.45, 7) is 4.23. The van der Waals surface area contributed by atoms with E-state index >= 15 is 0 Å². The van der Waals surface area contributed by atoms with Crippen molar-refractivity contribution in [1.29, 1.82) is 0 Å². The van der Waals surface area contributed by atoms with Crippen molar-refractivity contribution >= 4 is 29.3 Å². The van der Waals surface area contributed by atoms with Gasteiger partial charge in [-0.05, 0) is 42.2 Å². The summed E-state index contributed by atoms with van der Waals surface area (Å²) < 4.78 is 10.7. The topological polar surface area (TPSA) is 62.3 Å². The van der Waals surface area contributed by atoms with Crippen molar-refractivity contribution in [3.8, 4) is 11.5 Å². The molecule has 176 valence electrons. The predicted molar refractivity (Wildman–Crippen MR) is 130 cm³/mol. The van der Waals surface area contributed by atoms with Gasteiger partial charge in [-0.3, -0.25) is 14.5 Å². The van der Waals surface area contributed by atoms with Gasteiger partial charge in [-0.25, -0.2) is 0 Å². The highest BCUT2D eigenvalue weighted by Crippen LogP contribution is 2.30. The lowest BCUT2D eigenvalue weighted by Gasteiger charge is -2.36. The number of amides is 2. The number of carbonyl (C=O) groups excluding carboxylic acids is 2. The van der Waals surface area contributed by atoms with E-state index in [9.17, 15) is 9.59 Å². The molecular weight excluding hydrogens is 438 g/mol. The second kappa shape index (κ2) is 10.5. The normalized spacial score (nSPS) is 19.1. The number of anilines is 1. The molecular formula is C25H31N3O4S. The highest BCUT2D eigenvalue weighted by molar-refractivity contribution is 7.98. The fraction of sp³-hybridized carbons (Fsp3) is 0.440. The molecule has 2 fully saturated rings. The van der Waals surface area contributed by atoms with E-state index < -0.39 is 0 Å². The summed E-state index contributed by atoms with van der Waals surface area (Å²) in [7, 11) is 3.27. The van der Waals surface area contributed by atoms with E-state index in [4.69, 9.17) is 9.47 Å². The van der Waals surface area contributed by atoms with Gasteiger partial charge in [0.2, 0.25) is 11.8 Å². The lowest BCUT2D eigenvalue weighted by Crippen LogP contribution is -2.50. The van der Waals surface area contributed by atoms with Crippen molar-refractivity contribution in [2.75, 3.05) is 58.1 Å². The molecule has 0 bridgehead atoms. The van der Waals surface area contributed by atoms with Gasteiger partial charge in [0.15, 0.2) is 11.5 Å². The van der Waals surface area contributed by atoms with Crippen LogP contribution >= 0.6 is 11.8 Å². The first-order chi connectivity index (χ1) is 16.0. The van der Waals surface area contributed by atoms with E-state index in [0.29, 0.717) is 19.6 Å². The van der Waals surface area contributed by atoms with E-state index in [2.05, 4.69) is 4.90 Å². The molecule has 2 saturated heterocycles. The third-order valence-corrected chi connectivity index (χ3v) is 7.10. The highest BCUT2D eigenvalue weighted by Gasteiger charge is 2.38. The number of hydrogen-bond donors (Lipinski definition) is 0. The minimum absolute atomic E-state index is 0.0266. The molecule has 0 radical (unpaired) electrons. The standard InChI is InChI=1S/C25H31N3O4S/c1-31-22-8-7-18(13-23(22)32-2)16-26-9-11-27(12-10-26)25(30)19-14-24(29)28(17-19)20-5-4-6-21(15-20)33-3/h4-8,13,15,19H,9-12,14,16-17H2,1-3H3. The molecule has 33 heavy (non-hydrogen) atoms. The zero-order valence-corrected chi connectivity index (χ0v) is 20.3. The van der Waals surface area contributed by atoms with E-state index in [0.717, 1.165) is 47.3 Å². The van der Waals surface area contributed by atoms with Crippen LogP contribution in [-0.4, -0.2) is 74.8 Å². The number of ether oxygens (including phenoxy) is 2. The maximum atomic E-state index is 13.2. The number of rotatable bonds is 7. The lowest BCUT2D eigenvalue weighted by atomic mass is 10.1.